The molecule has 0 aromatic rings. The van der Waals surface area contributed by atoms with E-state index in [9.17, 15) is 0 Å². The lowest BCUT2D eigenvalue weighted by molar-refractivity contribution is -0.00684. The molecule has 3 fully saturated rings. The van der Waals surface area contributed by atoms with E-state index in [1.54, 1.807) is 0 Å². The predicted octanol–water partition coefficient (Wildman–Crippen LogP) is 0.972. The standard InChI is InChI=1S/C17H32N4O2/c1-4-18-16(20-14-11-13-5-6-15(14)23-13)19-12-17(2,3)21-7-9-22-10-8-21/h13-15H,4-12H2,1-3H3,(H2,18,19,20). The van der Waals surface area contributed by atoms with Gasteiger partial charge in [-0.05, 0) is 40.0 Å². The highest BCUT2D eigenvalue weighted by Crippen LogP contribution is 2.34. The van der Waals surface area contributed by atoms with Gasteiger partial charge in [0.15, 0.2) is 5.96 Å². The summed E-state index contributed by atoms with van der Waals surface area (Å²) in [6.07, 6.45) is 4.35. The molecule has 0 amide bonds. The highest BCUT2D eigenvalue weighted by atomic mass is 16.5. The van der Waals surface area contributed by atoms with Crippen LogP contribution in [0.3, 0.4) is 0 Å². The van der Waals surface area contributed by atoms with Crippen molar-refractivity contribution in [2.24, 2.45) is 4.99 Å². The van der Waals surface area contributed by atoms with Gasteiger partial charge in [-0.3, -0.25) is 9.89 Å². The largest absolute Gasteiger partial charge is 0.379 e. The van der Waals surface area contributed by atoms with Crippen LogP contribution in [-0.2, 0) is 9.47 Å². The minimum atomic E-state index is 0.0529. The number of ether oxygens (including phenoxy) is 2. The fraction of sp³-hybridized carbons (Fsp3) is 0.941. The molecule has 0 radical (unpaired) electrons. The SMILES string of the molecule is CCNC(=NCC(C)(C)N1CCOCC1)NC1CC2CCC1O2. The van der Waals surface area contributed by atoms with Gasteiger partial charge in [0.05, 0.1) is 38.0 Å². The van der Waals surface area contributed by atoms with Crippen molar-refractivity contribution in [3.05, 3.63) is 0 Å². The Kier molecular flexibility index (Phi) is 5.44. The molecule has 3 rings (SSSR count). The summed E-state index contributed by atoms with van der Waals surface area (Å²) in [7, 11) is 0. The second-order valence-corrected chi connectivity index (χ2v) is 7.47. The fourth-order valence-electron chi connectivity index (χ4n) is 3.83. The zero-order chi connectivity index (χ0) is 16.3. The van der Waals surface area contributed by atoms with Crippen LogP contribution in [0.15, 0.2) is 4.99 Å². The molecule has 132 valence electrons. The van der Waals surface area contributed by atoms with Crippen LogP contribution in [0.25, 0.3) is 0 Å². The van der Waals surface area contributed by atoms with Crippen molar-refractivity contribution in [2.75, 3.05) is 39.4 Å². The Bertz CT molecular complexity index is 421. The number of guanidine groups is 1. The van der Waals surface area contributed by atoms with E-state index in [2.05, 4.69) is 36.3 Å². The van der Waals surface area contributed by atoms with Gasteiger partial charge >= 0.3 is 0 Å². The molecule has 3 aliphatic heterocycles. The quantitative estimate of drug-likeness (QED) is 0.583. The van der Waals surface area contributed by atoms with Gasteiger partial charge in [0, 0.05) is 25.2 Å². The molecule has 0 aromatic heterocycles. The van der Waals surface area contributed by atoms with Gasteiger partial charge in [-0.1, -0.05) is 0 Å². The van der Waals surface area contributed by atoms with Gasteiger partial charge in [0.2, 0.25) is 0 Å². The Morgan fingerprint density at radius 1 is 1.26 bits per heavy atom. The number of nitrogens with zero attached hydrogens (tertiary/aromatic N) is 2. The Balaban J connectivity index is 1.57. The molecule has 0 aromatic carbocycles. The maximum absolute atomic E-state index is 5.94. The fourth-order valence-corrected chi connectivity index (χ4v) is 3.83. The van der Waals surface area contributed by atoms with E-state index in [1.165, 1.54) is 12.8 Å². The van der Waals surface area contributed by atoms with Crippen LogP contribution in [0.1, 0.15) is 40.0 Å². The first kappa shape index (κ1) is 17.0. The summed E-state index contributed by atoms with van der Waals surface area (Å²) in [5.74, 6) is 0.926. The summed E-state index contributed by atoms with van der Waals surface area (Å²) in [5, 5.41) is 6.98. The molecule has 3 heterocycles. The van der Waals surface area contributed by atoms with Gasteiger partial charge in [-0.25, -0.2) is 0 Å². The first-order valence-corrected chi connectivity index (χ1v) is 9.11. The van der Waals surface area contributed by atoms with Gasteiger partial charge < -0.3 is 20.1 Å². The first-order chi connectivity index (χ1) is 11.1. The van der Waals surface area contributed by atoms with E-state index >= 15 is 0 Å². The molecule has 6 nitrogen and oxygen atoms in total. The van der Waals surface area contributed by atoms with E-state index in [4.69, 9.17) is 14.5 Å². The molecule has 23 heavy (non-hydrogen) atoms. The summed E-state index contributed by atoms with van der Waals surface area (Å²) in [6.45, 7) is 12.0. The number of nitrogens with one attached hydrogen (secondary N) is 2. The summed E-state index contributed by atoms with van der Waals surface area (Å²) >= 11 is 0. The van der Waals surface area contributed by atoms with Crippen LogP contribution < -0.4 is 10.6 Å². The van der Waals surface area contributed by atoms with Crippen molar-refractivity contribution in [1.82, 2.24) is 15.5 Å². The summed E-state index contributed by atoms with van der Waals surface area (Å²) < 4.78 is 11.4. The third-order valence-corrected chi connectivity index (χ3v) is 5.26. The van der Waals surface area contributed by atoms with E-state index in [1.807, 2.05) is 0 Å². The van der Waals surface area contributed by atoms with Crippen LogP contribution in [0, 0.1) is 0 Å². The third-order valence-electron chi connectivity index (χ3n) is 5.26. The molecule has 0 aliphatic carbocycles. The predicted molar refractivity (Wildman–Crippen MR) is 91.9 cm³/mol. The Morgan fingerprint density at radius 2 is 2.04 bits per heavy atom. The molecular formula is C17H32N4O2. The van der Waals surface area contributed by atoms with E-state index in [0.29, 0.717) is 18.2 Å². The Hall–Kier alpha value is -0.850. The molecule has 2 bridgehead atoms. The molecule has 3 atom stereocenters. The monoisotopic (exact) mass is 324 g/mol. The van der Waals surface area contributed by atoms with Crippen molar-refractivity contribution >= 4 is 5.96 Å². The summed E-state index contributed by atoms with van der Waals surface area (Å²) in [5.41, 5.74) is 0.0529. The maximum Gasteiger partial charge on any atom is 0.191 e. The van der Waals surface area contributed by atoms with Crippen LogP contribution in [0.5, 0.6) is 0 Å². The molecule has 0 spiro atoms. The minimum Gasteiger partial charge on any atom is -0.379 e. The maximum atomic E-state index is 5.94. The van der Waals surface area contributed by atoms with Crippen molar-refractivity contribution in [1.29, 1.82) is 0 Å². The molecule has 3 saturated heterocycles. The van der Waals surface area contributed by atoms with Crippen LogP contribution in [0.2, 0.25) is 0 Å². The molecule has 3 aliphatic rings. The average molecular weight is 324 g/mol. The first-order valence-electron chi connectivity index (χ1n) is 9.11. The molecule has 3 unspecified atom stereocenters. The second-order valence-electron chi connectivity index (χ2n) is 7.47. The van der Waals surface area contributed by atoms with E-state index in [0.717, 1.165) is 51.8 Å². The highest BCUT2D eigenvalue weighted by molar-refractivity contribution is 5.80. The van der Waals surface area contributed by atoms with E-state index < -0.39 is 0 Å². The van der Waals surface area contributed by atoms with Gasteiger partial charge in [0.25, 0.3) is 0 Å². The van der Waals surface area contributed by atoms with Crippen LogP contribution in [-0.4, -0.2) is 74.0 Å². The minimum absolute atomic E-state index is 0.0529. The smallest absolute Gasteiger partial charge is 0.191 e. The van der Waals surface area contributed by atoms with Crippen LogP contribution in [0.4, 0.5) is 0 Å². The van der Waals surface area contributed by atoms with Crippen molar-refractivity contribution in [3.63, 3.8) is 0 Å². The normalized spacial score (nSPS) is 32.3. The third kappa shape index (κ3) is 4.17. The zero-order valence-electron chi connectivity index (χ0n) is 14.8. The molecule has 0 saturated carbocycles. The number of fused-ring (bicyclic) bond motifs is 2. The lowest BCUT2D eigenvalue weighted by Crippen LogP contribution is -2.53. The van der Waals surface area contributed by atoms with Crippen molar-refractivity contribution in [3.8, 4) is 0 Å². The van der Waals surface area contributed by atoms with Crippen LogP contribution >= 0.6 is 0 Å². The number of aliphatic imine (C=N–C) groups is 1. The second kappa shape index (κ2) is 7.36. The lowest BCUT2D eigenvalue weighted by Gasteiger charge is -2.40. The van der Waals surface area contributed by atoms with Gasteiger partial charge in [-0.15, -0.1) is 0 Å². The van der Waals surface area contributed by atoms with E-state index in [-0.39, 0.29) is 5.54 Å². The van der Waals surface area contributed by atoms with Gasteiger partial charge in [-0.2, -0.15) is 0 Å². The summed E-state index contributed by atoms with van der Waals surface area (Å²) in [4.78, 5) is 7.34. The molecular weight excluding hydrogens is 292 g/mol. The molecule has 2 N–H and O–H groups in total. The van der Waals surface area contributed by atoms with Gasteiger partial charge in [0.1, 0.15) is 0 Å². The highest BCUT2D eigenvalue weighted by Gasteiger charge is 2.41. The molecule has 6 heteroatoms. The Labute approximate surface area is 140 Å². The number of morpholine rings is 1. The Morgan fingerprint density at radius 3 is 2.65 bits per heavy atom. The van der Waals surface area contributed by atoms with Crippen molar-refractivity contribution < 1.29 is 9.47 Å². The number of rotatable bonds is 5. The lowest BCUT2D eigenvalue weighted by atomic mass is 9.96. The number of hydrogen-bond acceptors (Lipinski definition) is 4. The zero-order valence-corrected chi connectivity index (χ0v) is 14.8. The number of hydrogen-bond donors (Lipinski definition) is 2. The average Bonchev–Trinajstić information content (AvgIpc) is 3.17. The topological polar surface area (TPSA) is 58.1 Å². The summed E-state index contributed by atoms with van der Waals surface area (Å²) in [6, 6.07) is 0.415. The van der Waals surface area contributed by atoms with Crippen molar-refractivity contribution in [2.45, 2.75) is 63.8 Å².